The molecule has 136 valence electrons. The Morgan fingerprint density at radius 3 is 2.52 bits per heavy atom. The van der Waals surface area contributed by atoms with E-state index >= 15 is 0 Å². The third-order valence-corrected chi connectivity index (χ3v) is 4.22. The molecular weight excluding hydrogens is 312 g/mol. The van der Waals surface area contributed by atoms with E-state index in [-0.39, 0.29) is 12.1 Å². The highest BCUT2D eigenvalue weighted by Gasteiger charge is 2.07. The van der Waals surface area contributed by atoms with Gasteiger partial charge in [0.05, 0.1) is 6.10 Å². The van der Waals surface area contributed by atoms with Crippen LogP contribution in [0.1, 0.15) is 58.4 Å². The molecule has 0 aromatic heterocycles. The van der Waals surface area contributed by atoms with Crippen LogP contribution in [0.15, 0.2) is 36.4 Å². The van der Waals surface area contributed by atoms with Gasteiger partial charge in [-0.25, -0.2) is 0 Å². The number of unbranched alkanes of at least 4 members (excludes halogenated alkanes) is 2. The fourth-order valence-corrected chi connectivity index (χ4v) is 2.88. The molecular formula is C22H30O3. The average molecular weight is 342 g/mol. The van der Waals surface area contributed by atoms with E-state index in [1.54, 1.807) is 0 Å². The predicted octanol–water partition coefficient (Wildman–Crippen LogP) is 5.68. The van der Waals surface area contributed by atoms with E-state index in [0.29, 0.717) is 12.2 Å². The van der Waals surface area contributed by atoms with Gasteiger partial charge in [0.15, 0.2) is 0 Å². The Labute approximate surface area is 151 Å². The molecule has 0 saturated heterocycles. The van der Waals surface area contributed by atoms with Crippen LogP contribution < -0.4 is 4.74 Å². The fraction of sp³-hybridized carbons (Fsp3) is 0.500. The monoisotopic (exact) mass is 342 g/mol. The number of esters is 1. The molecule has 0 N–H and O–H groups in total. The molecule has 0 bridgehead atoms. The Morgan fingerprint density at radius 2 is 1.76 bits per heavy atom. The van der Waals surface area contributed by atoms with E-state index < -0.39 is 0 Å². The van der Waals surface area contributed by atoms with E-state index in [2.05, 4.69) is 39.0 Å². The zero-order chi connectivity index (χ0) is 18.1. The molecule has 0 fully saturated rings. The summed E-state index contributed by atoms with van der Waals surface area (Å²) in [5, 5.41) is 2.25. The maximum Gasteiger partial charge on any atom is 0.311 e. The maximum atomic E-state index is 11.8. The Balaban J connectivity index is 1.99. The summed E-state index contributed by atoms with van der Waals surface area (Å²) in [5.41, 5.74) is 1.26. The van der Waals surface area contributed by atoms with Crippen LogP contribution in [0.2, 0.25) is 0 Å². The van der Waals surface area contributed by atoms with Crippen LogP contribution in [0.5, 0.6) is 5.75 Å². The summed E-state index contributed by atoms with van der Waals surface area (Å²) in [6.07, 6.45) is 5.72. The number of hydrogen-bond donors (Lipinski definition) is 0. The SMILES string of the molecule is CCCCCC(=O)Oc1ccc2cc(CC(C)OCCC)ccc2c1. The van der Waals surface area contributed by atoms with Crippen LogP contribution in [0.3, 0.4) is 0 Å². The average Bonchev–Trinajstić information content (AvgIpc) is 2.60. The molecule has 0 heterocycles. The van der Waals surface area contributed by atoms with Gasteiger partial charge in [-0.3, -0.25) is 4.79 Å². The molecule has 2 rings (SSSR count). The van der Waals surface area contributed by atoms with Crippen molar-refractivity contribution in [3.63, 3.8) is 0 Å². The zero-order valence-corrected chi connectivity index (χ0v) is 15.7. The number of ether oxygens (including phenoxy) is 2. The quantitative estimate of drug-likeness (QED) is 0.316. The first kappa shape index (κ1) is 19.5. The molecule has 2 aromatic carbocycles. The van der Waals surface area contributed by atoms with E-state index in [0.717, 1.165) is 49.5 Å². The highest BCUT2D eigenvalue weighted by atomic mass is 16.5. The van der Waals surface area contributed by atoms with Crippen LogP contribution in [-0.2, 0) is 16.0 Å². The number of fused-ring (bicyclic) bond motifs is 1. The molecule has 0 amide bonds. The van der Waals surface area contributed by atoms with Gasteiger partial charge in [-0.15, -0.1) is 0 Å². The van der Waals surface area contributed by atoms with Crippen molar-refractivity contribution in [1.29, 1.82) is 0 Å². The summed E-state index contributed by atoms with van der Waals surface area (Å²) >= 11 is 0. The summed E-state index contributed by atoms with van der Waals surface area (Å²) in [6.45, 7) is 7.17. The maximum absolute atomic E-state index is 11.8. The van der Waals surface area contributed by atoms with Gasteiger partial charge < -0.3 is 9.47 Å². The van der Waals surface area contributed by atoms with E-state index in [9.17, 15) is 4.79 Å². The van der Waals surface area contributed by atoms with Crippen molar-refractivity contribution in [2.45, 2.75) is 65.4 Å². The molecule has 3 nitrogen and oxygen atoms in total. The molecule has 0 aliphatic heterocycles. The van der Waals surface area contributed by atoms with Crippen molar-refractivity contribution in [3.8, 4) is 5.75 Å². The second-order valence-electron chi connectivity index (χ2n) is 6.66. The third kappa shape index (κ3) is 6.50. The second-order valence-corrected chi connectivity index (χ2v) is 6.66. The molecule has 0 spiro atoms. The minimum atomic E-state index is -0.147. The number of carbonyl (C=O) groups is 1. The van der Waals surface area contributed by atoms with Crippen molar-refractivity contribution in [1.82, 2.24) is 0 Å². The van der Waals surface area contributed by atoms with Crippen LogP contribution >= 0.6 is 0 Å². The first-order valence-corrected chi connectivity index (χ1v) is 9.47. The van der Waals surface area contributed by atoms with E-state index in [1.807, 2.05) is 18.2 Å². The van der Waals surface area contributed by atoms with Crippen molar-refractivity contribution < 1.29 is 14.3 Å². The Bertz CT molecular complexity index is 678. The summed E-state index contributed by atoms with van der Waals surface area (Å²) in [6, 6.07) is 12.2. The second kappa shape index (κ2) is 10.2. The van der Waals surface area contributed by atoms with Crippen LogP contribution in [0, 0.1) is 0 Å². The molecule has 3 heteroatoms. The number of hydrogen-bond acceptors (Lipinski definition) is 3. The lowest BCUT2D eigenvalue weighted by molar-refractivity contribution is -0.134. The lowest BCUT2D eigenvalue weighted by Gasteiger charge is -2.13. The first-order chi connectivity index (χ1) is 12.1. The third-order valence-electron chi connectivity index (χ3n) is 4.22. The van der Waals surface area contributed by atoms with Crippen molar-refractivity contribution in [3.05, 3.63) is 42.0 Å². The van der Waals surface area contributed by atoms with E-state index in [4.69, 9.17) is 9.47 Å². The number of rotatable bonds is 10. The van der Waals surface area contributed by atoms with Gasteiger partial charge in [0.1, 0.15) is 5.75 Å². The highest BCUT2D eigenvalue weighted by Crippen LogP contribution is 2.23. The van der Waals surface area contributed by atoms with Gasteiger partial charge in [-0.1, -0.05) is 51.0 Å². The smallest absolute Gasteiger partial charge is 0.311 e. The van der Waals surface area contributed by atoms with Gasteiger partial charge >= 0.3 is 5.97 Å². The van der Waals surface area contributed by atoms with E-state index in [1.165, 1.54) is 5.56 Å². The van der Waals surface area contributed by atoms with Crippen LogP contribution in [-0.4, -0.2) is 18.7 Å². The highest BCUT2D eigenvalue weighted by molar-refractivity contribution is 5.85. The summed E-state index contributed by atoms with van der Waals surface area (Å²) in [7, 11) is 0. The Kier molecular flexibility index (Phi) is 7.93. The normalized spacial score (nSPS) is 12.3. The minimum absolute atomic E-state index is 0.147. The molecule has 0 saturated carbocycles. The van der Waals surface area contributed by atoms with Gasteiger partial charge in [0.2, 0.25) is 0 Å². The van der Waals surface area contributed by atoms with Crippen LogP contribution in [0.25, 0.3) is 10.8 Å². The van der Waals surface area contributed by atoms with Gasteiger partial charge in [0, 0.05) is 13.0 Å². The van der Waals surface area contributed by atoms with Crippen LogP contribution in [0.4, 0.5) is 0 Å². The Hall–Kier alpha value is -1.87. The number of carbonyl (C=O) groups excluding carboxylic acids is 1. The Morgan fingerprint density at radius 1 is 1.00 bits per heavy atom. The lowest BCUT2D eigenvalue weighted by Crippen LogP contribution is -2.12. The molecule has 0 radical (unpaired) electrons. The molecule has 0 aliphatic rings. The van der Waals surface area contributed by atoms with Crippen molar-refractivity contribution in [2.75, 3.05) is 6.61 Å². The first-order valence-electron chi connectivity index (χ1n) is 9.47. The standard InChI is InChI=1S/C22H30O3/c1-4-6-7-8-22(23)25-21-12-11-19-15-18(9-10-20(19)16-21)14-17(3)24-13-5-2/h9-12,15-17H,4-8,13-14H2,1-3H3. The summed E-state index contributed by atoms with van der Waals surface area (Å²) in [5.74, 6) is 0.479. The molecule has 1 unspecified atom stereocenters. The molecule has 1 atom stereocenters. The molecule has 0 aliphatic carbocycles. The van der Waals surface area contributed by atoms with Gasteiger partial charge in [-0.05, 0) is 54.7 Å². The largest absolute Gasteiger partial charge is 0.427 e. The van der Waals surface area contributed by atoms with Gasteiger partial charge in [0.25, 0.3) is 0 Å². The summed E-state index contributed by atoms with van der Waals surface area (Å²) < 4.78 is 11.2. The zero-order valence-electron chi connectivity index (χ0n) is 15.7. The lowest BCUT2D eigenvalue weighted by atomic mass is 10.0. The molecule has 25 heavy (non-hydrogen) atoms. The van der Waals surface area contributed by atoms with Gasteiger partial charge in [-0.2, -0.15) is 0 Å². The van der Waals surface area contributed by atoms with Crippen molar-refractivity contribution in [2.24, 2.45) is 0 Å². The minimum Gasteiger partial charge on any atom is -0.427 e. The summed E-state index contributed by atoms with van der Waals surface area (Å²) in [4.78, 5) is 11.8. The predicted molar refractivity (Wildman–Crippen MR) is 103 cm³/mol. The molecule has 2 aromatic rings. The fourth-order valence-electron chi connectivity index (χ4n) is 2.88. The van der Waals surface area contributed by atoms with Crippen molar-refractivity contribution >= 4 is 16.7 Å². The topological polar surface area (TPSA) is 35.5 Å². The number of benzene rings is 2.